The van der Waals surface area contributed by atoms with Crippen LogP contribution < -0.4 is 0 Å². The fourth-order valence-corrected chi connectivity index (χ4v) is 1.89. The number of aryl methyl sites for hydroxylation is 1. The van der Waals surface area contributed by atoms with Gasteiger partial charge in [0.25, 0.3) is 0 Å². The van der Waals surface area contributed by atoms with Crippen molar-refractivity contribution in [3.63, 3.8) is 0 Å². The number of halogens is 1. The van der Waals surface area contributed by atoms with Crippen molar-refractivity contribution in [1.82, 2.24) is 14.5 Å². The Morgan fingerprint density at radius 1 is 1.40 bits per heavy atom. The Bertz CT molecular complexity index is 488. The smallest absolute Gasteiger partial charge is 0.144 e. The van der Waals surface area contributed by atoms with E-state index in [0.29, 0.717) is 11.1 Å². The highest BCUT2D eigenvalue weighted by Crippen LogP contribution is 2.23. The van der Waals surface area contributed by atoms with Crippen molar-refractivity contribution in [2.24, 2.45) is 13.0 Å². The van der Waals surface area contributed by atoms with Crippen LogP contribution in [0.1, 0.15) is 19.5 Å². The van der Waals surface area contributed by atoms with Crippen molar-refractivity contribution < 1.29 is 0 Å². The minimum absolute atomic E-state index is 0.585. The molecule has 80 valence electrons. The van der Waals surface area contributed by atoms with E-state index >= 15 is 0 Å². The van der Waals surface area contributed by atoms with Gasteiger partial charge in [-0.25, -0.2) is 9.97 Å². The largest absolute Gasteiger partial charge is 0.319 e. The van der Waals surface area contributed by atoms with Gasteiger partial charge in [0, 0.05) is 12.4 Å². The number of hydrogen-bond donors (Lipinski definition) is 0. The molecule has 0 saturated heterocycles. The summed E-state index contributed by atoms with van der Waals surface area (Å²) in [5.41, 5.74) is 1.99. The molecule has 15 heavy (non-hydrogen) atoms. The Morgan fingerprint density at radius 3 is 2.80 bits per heavy atom. The first-order valence-electron chi connectivity index (χ1n) is 5.04. The first-order chi connectivity index (χ1) is 7.09. The van der Waals surface area contributed by atoms with Crippen molar-refractivity contribution in [2.45, 2.75) is 20.3 Å². The minimum atomic E-state index is 0.585. The van der Waals surface area contributed by atoms with Crippen LogP contribution in [-0.2, 0) is 13.5 Å². The SMILES string of the molecule is CC(C)Cc1ncnc2c1cc(Cl)n2C. The lowest BCUT2D eigenvalue weighted by Gasteiger charge is -2.04. The van der Waals surface area contributed by atoms with E-state index in [-0.39, 0.29) is 0 Å². The second kappa shape index (κ2) is 3.81. The van der Waals surface area contributed by atoms with Crippen molar-refractivity contribution >= 4 is 22.6 Å². The van der Waals surface area contributed by atoms with E-state index in [9.17, 15) is 0 Å². The molecule has 0 aliphatic heterocycles. The summed E-state index contributed by atoms with van der Waals surface area (Å²) in [4.78, 5) is 8.56. The zero-order valence-corrected chi connectivity index (χ0v) is 9.91. The third kappa shape index (κ3) is 1.84. The fourth-order valence-electron chi connectivity index (χ4n) is 1.70. The first kappa shape index (κ1) is 10.4. The second-order valence-corrected chi connectivity index (χ2v) is 4.57. The van der Waals surface area contributed by atoms with Gasteiger partial charge in [-0.15, -0.1) is 0 Å². The molecule has 0 amide bonds. The van der Waals surface area contributed by atoms with Gasteiger partial charge in [-0.2, -0.15) is 0 Å². The van der Waals surface area contributed by atoms with Crippen LogP contribution in [0.15, 0.2) is 12.4 Å². The van der Waals surface area contributed by atoms with Crippen LogP contribution in [-0.4, -0.2) is 14.5 Å². The summed E-state index contributed by atoms with van der Waals surface area (Å²) in [6.45, 7) is 4.36. The maximum atomic E-state index is 6.06. The predicted molar refractivity (Wildman–Crippen MR) is 62.1 cm³/mol. The molecule has 0 unspecified atom stereocenters. The highest BCUT2D eigenvalue weighted by atomic mass is 35.5. The molecular formula is C11H14ClN3. The van der Waals surface area contributed by atoms with Crippen LogP contribution in [0.4, 0.5) is 0 Å². The van der Waals surface area contributed by atoms with Crippen molar-refractivity contribution in [3.8, 4) is 0 Å². The van der Waals surface area contributed by atoms with E-state index in [0.717, 1.165) is 23.1 Å². The monoisotopic (exact) mass is 223 g/mol. The number of hydrogen-bond acceptors (Lipinski definition) is 2. The first-order valence-corrected chi connectivity index (χ1v) is 5.42. The van der Waals surface area contributed by atoms with Gasteiger partial charge < -0.3 is 4.57 Å². The van der Waals surface area contributed by atoms with Gasteiger partial charge >= 0.3 is 0 Å². The fraction of sp³-hybridized carbons (Fsp3) is 0.455. The molecule has 2 aromatic rings. The quantitative estimate of drug-likeness (QED) is 0.784. The third-order valence-corrected chi connectivity index (χ3v) is 2.81. The number of rotatable bonds is 2. The molecule has 0 radical (unpaired) electrons. The summed E-state index contributed by atoms with van der Waals surface area (Å²) in [5, 5.41) is 1.77. The van der Waals surface area contributed by atoms with Crippen LogP contribution in [0.5, 0.6) is 0 Å². The van der Waals surface area contributed by atoms with Crippen molar-refractivity contribution in [1.29, 1.82) is 0 Å². The Morgan fingerprint density at radius 2 is 2.13 bits per heavy atom. The van der Waals surface area contributed by atoms with Gasteiger partial charge in [-0.1, -0.05) is 25.4 Å². The van der Waals surface area contributed by atoms with E-state index < -0.39 is 0 Å². The van der Waals surface area contributed by atoms with E-state index in [4.69, 9.17) is 11.6 Å². The van der Waals surface area contributed by atoms with Crippen molar-refractivity contribution in [2.75, 3.05) is 0 Å². The van der Waals surface area contributed by atoms with E-state index in [1.807, 2.05) is 17.7 Å². The molecule has 0 aliphatic carbocycles. The topological polar surface area (TPSA) is 30.7 Å². The molecule has 0 fully saturated rings. The molecule has 4 heteroatoms. The number of fused-ring (bicyclic) bond motifs is 1. The number of aromatic nitrogens is 3. The summed E-state index contributed by atoms with van der Waals surface area (Å²) in [7, 11) is 1.91. The van der Waals surface area contributed by atoms with Crippen LogP contribution in [0.25, 0.3) is 11.0 Å². The molecule has 2 heterocycles. The minimum Gasteiger partial charge on any atom is -0.319 e. The lowest BCUT2D eigenvalue weighted by molar-refractivity contribution is 0.638. The highest BCUT2D eigenvalue weighted by molar-refractivity contribution is 6.30. The van der Waals surface area contributed by atoms with Gasteiger partial charge in [-0.3, -0.25) is 0 Å². The lowest BCUT2D eigenvalue weighted by Crippen LogP contribution is -1.99. The van der Waals surface area contributed by atoms with Gasteiger partial charge in [-0.05, 0) is 18.4 Å². The Kier molecular flexibility index (Phi) is 2.65. The maximum Gasteiger partial charge on any atom is 0.144 e. The maximum absolute atomic E-state index is 6.06. The van der Waals surface area contributed by atoms with E-state index in [2.05, 4.69) is 23.8 Å². The summed E-state index contributed by atoms with van der Waals surface area (Å²) in [6, 6.07) is 1.94. The molecular weight excluding hydrogens is 210 g/mol. The van der Waals surface area contributed by atoms with E-state index in [1.54, 1.807) is 6.33 Å². The standard InChI is InChI=1S/C11H14ClN3/c1-7(2)4-9-8-5-10(12)15(3)11(8)14-6-13-9/h5-7H,4H2,1-3H3. The predicted octanol–water partition coefficient (Wildman–Crippen LogP) is 2.82. The Balaban J connectivity index is 2.61. The summed E-state index contributed by atoms with van der Waals surface area (Å²) < 4.78 is 1.88. The molecule has 0 spiro atoms. The van der Waals surface area contributed by atoms with E-state index in [1.165, 1.54) is 0 Å². The van der Waals surface area contributed by atoms with Crippen LogP contribution >= 0.6 is 11.6 Å². The van der Waals surface area contributed by atoms with Crippen molar-refractivity contribution in [3.05, 3.63) is 23.2 Å². The average Bonchev–Trinajstić information content (AvgIpc) is 2.45. The highest BCUT2D eigenvalue weighted by Gasteiger charge is 2.10. The molecule has 0 N–H and O–H groups in total. The summed E-state index contributed by atoms with van der Waals surface area (Å²) in [5.74, 6) is 0.585. The number of nitrogens with zero attached hydrogens (tertiary/aromatic N) is 3. The van der Waals surface area contributed by atoms with Gasteiger partial charge in [0.05, 0.1) is 5.69 Å². The molecule has 0 aliphatic rings. The zero-order valence-electron chi connectivity index (χ0n) is 9.16. The summed E-state index contributed by atoms with van der Waals surface area (Å²) >= 11 is 6.06. The molecule has 0 aromatic carbocycles. The normalized spacial score (nSPS) is 11.5. The van der Waals surface area contributed by atoms with Gasteiger partial charge in [0.1, 0.15) is 17.1 Å². The molecule has 3 nitrogen and oxygen atoms in total. The Labute approximate surface area is 94.1 Å². The molecule has 0 atom stereocenters. The van der Waals surface area contributed by atoms with Crippen LogP contribution in [0.3, 0.4) is 0 Å². The average molecular weight is 224 g/mol. The lowest BCUT2D eigenvalue weighted by atomic mass is 10.1. The molecule has 2 rings (SSSR count). The zero-order chi connectivity index (χ0) is 11.0. The van der Waals surface area contributed by atoms with Gasteiger partial charge in [0.15, 0.2) is 0 Å². The summed E-state index contributed by atoms with van der Waals surface area (Å²) in [6.07, 6.45) is 2.57. The molecule has 0 bridgehead atoms. The third-order valence-electron chi connectivity index (χ3n) is 2.45. The second-order valence-electron chi connectivity index (χ2n) is 4.18. The molecule has 0 saturated carbocycles. The van der Waals surface area contributed by atoms with Crippen LogP contribution in [0.2, 0.25) is 5.15 Å². The van der Waals surface area contributed by atoms with Crippen LogP contribution in [0, 0.1) is 5.92 Å². The Hall–Kier alpha value is -1.09. The molecule has 2 aromatic heterocycles. The van der Waals surface area contributed by atoms with Gasteiger partial charge in [0.2, 0.25) is 0 Å².